The molecule has 1 aliphatic rings. The highest BCUT2D eigenvalue weighted by atomic mass is 16.4. The fraction of sp³-hybridized carbons (Fsp3) is 0.444. The minimum absolute atomic E-state index is 0.0550. The van der Waals surface area contributed by atoms with Gasteiger partial charge in [-0.2, -0.15) is 0 Å². The predicted molar refractivity (Wildman–Crippen MR) is 46.7 cm³/mol. The maximum atomic E-state index is 10.8. The second-order valence-electron chi connectivity index (χ2n) is 3.26. The van der Waals surface area contributed by atoms with E-state index in [2.05, 4.69) is 0 Å². The Hall–Kier alpha value is -1.45. The number of hydrogen-bond acceptors (Lipinski definition) is 3. The maximum Gasteiger partial charge on any atom is 0.341 e. The summed E-state index contributed by atoms with van der Waals surface area (Å²) >= 11 is 0. The van der Waals surface area contributed by atoms with Gasteiger partial charge in [-0.3, -0.25) is 0 Å². The first-order valence-corrected chi connectivity index (χ1v) is 4.33. The monoisotopic (exact) mass is 181 g/mol. The molecule has 0 aromatic carbocycles. The zero-order valence-corrected chi connectivity index (χ0v) is 7.17. The molecule has 0 spiro atoms. The van der Waals surface area contributed by atoms with Crippen LogP contribution in [0.15, 0.2) is 4.42 Å². The van der Waals surface area contributed by atoms with E-state index in [1.165, 1.54) is 0 Å². The van der Waals surface area contributed by atoms with Gasteiger partial charge in [0.1, 0.15) is 11.3 Å². The highest BCUT2D eigenvalue weighted by molar-refractivity contribution is 5.94. The first kappa shape index (κ1) is 8.16. The number of aromatic carboxylic acids is 1. The molecule has 3 N–H and O–H groups in total. The zero-order valence-electron chi connectivity index (χ0n) is 7.17. The number of carboxylic acid groups (broad SMARTS) is 1. The van der Waals surface area contributed by atoms with Crippen LogP contribution in [-0.2, 0) is 12.8 Å². The van der Waals surface area contributed by atoms with E-state index < -0.39 is 5.97 Å². The lowest BCUT2D eigenvalue weighted by molar-refractivity contribution is 0.0696. The van der Waals surface area contributed by atoms with E-state index in [1.54, 1.807) is 0 Å². The highest BCUT2D eigenvalue weighted by Crippen LogP contribution is 2.31. The summed E-state index contributed by atoms with van der Waals surface area (Å²) in [6, 6.07) is 0. The van der Waals surface area contributed by atoms with Crippen molar-refractivity contribution in [1.82, 2.24) is 0 Å². The summed E-state index contributed by atoms with van der Waals surface area (Å²) in [7, 11) is 0. The van der Waals surface area contributed by atoms with Gasteiger partial charge >= 0.3 is 5.97 Å². The van der Waals surface area contributed by atoms with Gasteiger partial charge in [0.05, 0.1) is 0 Å². The quantitative estimate of drug-likeness (QED) is 0.687. The Labute approximate surface area is 75.3 Å². The van der Waals surface area contributed by atoms with E-state index in [1.807, 2.05) is 0 Å². The molecule has 0 unspecified atom stereocenters. The van der Waals surface area contributed by atoms with E-state index in [-0.39, 0.29) is 11.4 Å². The van der Waals surface area contributed by atoms with Gasteiger partial charge in [0.2, 0.25) is 5.88 Å². The summed E-state index contributed by atoms with van der Waals surface area (Å²) in [5, 5.41) is 8.87. The van der Waals surface area contributed by atoms with Crippen molar-refractivity contribution in [2.45, 2.75) is 25.7 Å². The van der Waals surface area contributed by atoms with Crippen molar-refractivity contribution in [2.75, 3.05) is 5.73 Å². The summed E-state index contributed by atoms with van der Waals surface area (Å²) < 4.78 is 5.20. The molecule has 1 aromatic rings. The number of furan rings is 1. The van der Waals surface area contributed by atoms with Crippen LogP contribution in [0.4, 0.5) is 5.88 Å². The maximum absolute atomic E-state index is 10.8. The summed E-state index contributed by atoms with van der Waals surface area (Å²) in [6.45, 7) is 0. The molecule has 0 saturated heterocycles. The number of carboxylic acids is 1. The van der Waals surface area contributed by atoms with Crippen molar-refractivity contribution in [3.05, 3.63) is 16.9 Å². The van der Waals surface area contributed by atoms with Gasteiger partial charge in [0.15, 0.2) is 0 Å². The molecule has 1 heterocycles. The second kappa shape index (κ2) is 2.80. The molecule has 0 saturated carbocycles. The van der Waals surface area contributed by atoms with Crippen LogP contribution in [0.2, 0.25) is 0 Å². The van der Waals surface area contributed by atoms with Gasteiger partial charge in [-0.1, -0.05) is 0 Å². The lowest BCUT2D eigenvalue weighted by Crippen LogP contribution is -2.06. The Morgan fingerprint density at radius 2 is 2.08 bits per heavy atom. The summed E-state index contributed by atoms with van der Waals surface area (Å²) in [6.07, 6.45) is 3.66. The minimum Gasteiger partial charge on any atom is -0.477 e. The molecule has 0 radical (unpaired) electrons. The molecule has 0 bridgehead atoms. The molecule has 1 aromatic heterocycles. The van der Waals surface area contributed by atoms with Crippen molar-refractivity contribution >= 4 is 11.9 Å². The van der Waals surface area contributed by atoms with Crippen molar-refractivity contribution in [3.8, 4) is 0 Å². The Bertz CT molecular complexity index is 354. The highest BCUT2D eigenvalue weighted by Gasteiger charge is 2.25. The van der Waals surface area contributed by atoms with Gasteiger partial charge in [0, 0.05) is 12.0 Å². The average molecular weight is 181 g/mol. The van der Waals surface area contributed by atoms with Crippen molar-refractivity contribution in [1.29, 1.82) is 0 Å². The third-order valence-electron chi connectivity index (χ3n) is 2.41. The number of nitrogens with two attached hydrogens (primary N) is 1. The van der Waals surface area contributed by atoms with E-state index in [0.29, 0.717) is 0 Å². The summed E-state index contributed by atoms with van der Waals surface area (Å²) in [5.74, 6) is -0.162. The van der Waals surface area contributed by atoms with Crippen LogP contribution in [0.3, 0.4) is 0 Å². The Morgan fingerprint density at radius 3 is 2.77 bits per heavy atom. The number of anilines is 1. The van der Waals surface area contributed by atoms with Crippen LogP contribution in [0, 0.1) is 0 Å². The molecule has 4 heteroatoms. The Morgan fingerprint density at radius 1 is 1.38 bits per heavy atom. The summed E-state index contributed by atoms with van der Waals surface area (Å²) in [4.78, 5) is 10.8. The standard InChI is InChI=1S/C9H11NO3/c10-8-7(9(11)12)5-3-1-2-4-6(5)13-8/h1-4,10H2,(H,11,12). The molecule has 0 atom stereocenters. The topological polar surface area (TPSA) is 76.5 Å². The molecular weight excluding hydrogens is 170 g/mol. The third-order valence-corrected chi connectivity index (χ3v) is 2.41. The molecule has 2 rings (SSSR count). The molecule has 13 heavy (non-hydrogen) atoms. The lowest BCUT2D eigenvalue weighted by Gasteiger charge is -2.08. The molecule has 0 aliphatic heterocycles. The Kier molecular flexibility index (Phi) is 1.76. The zero-order chi connectivity index (χ0) is 9.42. The van der Waals surface area contributed by atoms with Crippen LogP contribution in [0.25, 0.3) is 0 Å². The van der Waals surface area contributed by atoms with Crippen LogP contribution in [-0.4, -0.2) is 11.1 Å². The van der Waals surface area contributed by atoms with Gasteiger partial charge in [-0.05, 0) is 19.3 Å². The van der Waals surface area contributed by atoms with Crippen LogP contribution >= 0.6 is 0 Å². The molecule has 4 nitrogen and oxygen atoms in total. The smallest absolute Gasteiger partial charge is 0.341 e. The minimum atomic E-state index is -0.982. The molecular formula is C9H11NO3. The van der Waals surface area contributed by atoms with E-state index in [4.69, 9.17) is 15.3 Å². The van der Waals surface area contributed by atoms with Gasteiger partial charge in [0.25, 0.3) is 0 Å². The summed E-state index contributed by atoms with van der Waals surface area (Å²) in [5.41, 5.74) is 6.45. The molecule has 0 amide bonds. The van der Waals surface area contributed by atoms with Crippen molar-refractivity contribution < 1.29 is 14.3 Å². The van der Waals surface area contributed by atoms with E-state index in [0.717, 1.165) is 37.0 Å². The Balaban J connectivity index is 2.54. The first-order chi connectivity index (χ1) is 6.20. The average Bonchev–Trinajstić information content (AvgIpc) is 2.39. The number of hydrogen-bond donors (Lipinski definition) is 2. The van der Waals surface area contributed by atoms with E-state index >= 15 is 0 Å². The fourth-order valence-electron chi connectivity index (χ4n) is 1.82. The van der Waals surface area contributed by atoms with Crippen molar-refractivity contribution in [2.24, 2.45) is 0 Å². The SMILES string of the molecule is Nc1oc2c(c1C(=O)O)CCCC2. The van der Waals surface area contributed by atoms with Gasteiger partial charge in [-0.15, -0.1) is 0 Å². The van der Waals surface area contributed by atoms with Crippen molar-refractivity contribution in [3.63, 3.8) is 0 Å². The van der Waals surface area contributed by atoms with Gasteiger partial charge < -0.3 is 15.3 Å². The normalized spacial score (nSPS) is 15.4. The number of fused-ring (bicyclic) bond motifs is 1. The molecule has 70 valence electrons. The predicted octanol–water partition coefficient (Wildman–Crippen LogP) is 1.44. The number of rotatable bonds is 1. The molecule has 1 aliphatic carbocycles. The van der Waals surface area contributed by atoms with Gasteiger partial charge in [-0.25, -0.2) is 4.79 Å². The van der Waals surface area contributed by atoms with Crippen LogP contribution in [0.1, 0.15) is 34.5 Å². The number of nitrogen functional groups attached to an aromatic ring is 1. The third kappa shape index (κ3) is 1.18. The largest absolute Gasteiger partial charge is 0.477 e. The van der Waals surface area contributed by atoms with Crippen LogP contribution in [0.5, 0.6) is 0 Å². The number of carbonyl (C=O) groups is 1. The lowest BCUT2D eigenvalue weighted by atomic mass is 9.95. The van der Waals surface area contributed by atoms with E-state index in [9.17, 15) is 4.79 Å². The van der Waals surface area contributed by atoms with Crippen LogP contribution < -0.4 is 5.73 Å². The molecule has 0 fully saturated rings. The second-order valence-corrected chi connectivity index (χ2v) is 3.26. The fourth-order valence-corrected chi connectivity index (χ4v) is 1.82. The number of aryl methyl sites for hydroxylation is 1. The first-order valence-electron chi connectivity index (χ1n) is 4.33.